The maximum absolute atomic E-state index is 15.4. The average Bonchev–Trinajstić information content (AvgIpc) is 3.29. The van der Waals surface area contributed by atoms with Crippen molar-refractivity contribution in [3.05, 3.63) is 200 Å². The molecule has 0 aliphatic heterocycles. The fourth-order valence-corrected chi connectivity index (χ4v) is 7.06. The molecule has 0 radical (unpaired) electrons. The van der Waals surface area contributed by atoms with Gasteiger partial charge in [0.1, 0.15) is 58.4 Å². The van der Waals surface area contributed by atoms with E-state index in [1.165, 1.54) is 5.56 Å². The number of rotatable bonds is 8. The summed E-state index contributed by atoms with van der Waals surface area (Å²) < 4.78 is 302. The lowest BCUT2D eigenvalue weighted by Gasteiger charge is -2.44. The number of halogens is 21. The zero-order valence-corrected chi connectivity index (χ0v) is 32.2. The molecule has 0 spiro atoms. The lowest BCUT2D eigenvalue weighted by Crippen LogP contribution is -2.81. The van der Waals surface area contributed by atoms with Crippen molar-refractivity contribution < 1.29 is 97.1 Å². The summed E-state index contributed by atoms with van der Waals surface area (Å²) in [6.07, 6.45) is -1.71. The molecule has 1 aromatic heterocycles. The summed E-state index contributed by atoms with van der Waals surface area (Å²) in [5.74, 6) is -70.2. The number of aromatic nitrogens is 2. The smallest absolute Gasteiger partial charge is 0.285 e. The first-order valence-corrected chi connectivity index (χ1v) is 17.9. The first-order chi connectivity index (χ1) is 31.0. The van der Waals surface area contributed by atoms with Gasteiger partial charge in [0.05, 0.1) is 6.20 Å². The van der Waals surface area contributed by atoms with E-state index in [2.05, 4.69) is 17.1 Å². The van der Waals surface area contributed by atoms with Crippen LogP contribution in [0.15, 0.2) is 73.2 Å². The van der Waals surface area contributed by atoms with Gasteiger partial charge in [-0.1, -0.05) is 48.0 Å². The molecule has 66 heavy (non-hydrogen) atoms. The second kappa shape index (κ2) is 18.6. The number of benzene rings is 6. The van der Waals surface area contributed by atoms with Crippen LogP contribution in [-0.4, -0.2) is 11.1 Å². The van der Waals surface area contributed by atoms with Crippen molar-refractivity contribution in [3.8, 4) is 11.6 Å². The Labute approximate surface area is 359 Å². The summed E-state index contributed by atoms with van der Waals surface area (Å²) in [7, 11) is 0. The summed E-state index contributed by atoms with van der Waals surface area (Å²) >= 11 is 5.94. The summed E-state index contributed by atoms with van der Waals surface area (Å²) in [6.45, 7) is 0.773. The van der Waals surface area contributed by atoms with Gasteiger partial charge < -0.3 is 4.74 Å². The Hall–Kier alpha value is -6.85. The van der Waals surface area contributed by atoms with Gasteiger partial charge in [0.2, 0.25) is 6.20 Å². The van der Waals surface area contributed by atoms with Crippen molar-refractivity contribution in [1.29, 1.82) is 0 Å². The summed E-state index contributed by atoms with van der Waals surface area (Å²) in [6, 6.07) is 17.5. The second-order valence-electron chi connectivity index (χ2n) is 13.4. The van der Waals surface area contributed by atoms with Gasteiger partial charge in [-0.05, 0) is 18.2 Å². The molecular formula is C41H14BClF20N2O. The topological polar surface area (TPSA) is 26.0 Å². The molecule has 1 heterocycles. The van der Waals surface area contributed by atoms with Gasteiger partial charge in [-0.2, -0.15) is 4.57 Å². The SMILES string of the molecule is Clc1cccc(Oc2c[n+](Cc3ccccc3)ccn2)c1.Fc1c(F)c(F)c([B-](c2c(F)c(F)c(F)c(F)c2F)(c2c(F)c(F)c(F)c(F)c2F)c2c(F)c(F)c(F)c(F)c2F)c(F)c1F. The van der Waals surface area contributed by atoms with Crippen molar-refractivity contribution >= 4 is 39.6 Å². The van der Waals surface area contributed by atoms with Crippen LogP contribution in [0.3, 0.4) is 0 Å². The third kappa shape index (κ3) is 8.10. The van der Waals surface area contributed by atoms with Crippen molar-refractivity contribution in [2.24, 2.45) is 0 Å². The number of hydrogen-bond acceptors (Lipinski definition) is 2. The molecule has 3 nitrogen and oxygen atoms in total. The van der Waals surface area contributed by atoms with E-state index in [1.807, 2.05) is 53.4 Å². The second-order valence-corrected chi connectivity index (χ2v) is 13.8. The molecule has 0 amide bonds. The van der Waals surface area contributed by atoms with Gasteiger partial charge in [0, 0.05) is 10.6 Å². The van der Waals surface area contributed by atoms with E-state index in [0.717, 1.165) is 6.54 Å². The summed E-state index contributed by atoms with van der Waals surface area (Å²) in [5, 5.41) is 0.639. The molecule has 0 unspecified atom stereocenters. The molecule has 0 bridgehead atoms. The van der Waals surface area contributed by atoms with Gasteiger partial charge in [0.25, 0.3) is 5.88 Å². The largest absolute Gasteiger partial charge is 0.434 e. The highest BCUT2D eigenvalue weighted by atomic mass is 35.5. The molecule has 0 saturated carbocycles. The fourth-order valence-electron chi connectivity index (χ4n) is 6.88. The molecule has 25 heteroatoms. The van der Waals surface area contributed by atoms with Crippen LogP contribution < -0.4 is 31.2 Å². The predicted octanol–water partition coefficient (Wildman–Crippen LogP) is 9.71. The minimum absolute atomic E-state index is 0.538. The van der Waals surface area contributed by atoms with Crippen LogP contribution in [-0.2, 0) is 6.54 Å². The minimum atomic E-state index is -7.22. The quantitative estimate of drug-likeness (QED) is 0.0499. The molecule has 0 saturated heterocycles. The van der Waals surface area contributed by atoms with E-state index in [0.29, 0.717) is 16.7 Å². The van der Waals surface area contributed by atoms with E-state index in [9.17, 15) is 52.7 Å². The highest BCUT2D eigenvalue weighted by Crippen LogP contribution is 2.31. The minimum Gasteiger partial charge on any atom is -0.434 e. The molecule has 0 aliphatic carbocycles. The molecule has 7 aromatic rings. The van der Waals surface area contributed by atoms with E-state index in [-0.39, 0.29) is 0 Å². The molecule has 0 aliphatic rings. The Kier molecular flexibility index (Phi) is 13.7. The standard InChI is InChI=1S/C24BF20.C17H14ClN2O/c26-5-1(6(27)14(35)21(42)13(5)34)25(2-7(28)15(36)22(43)16(37)8(2)29,3-9(30)17(38)23(44)18(39)10(3)31)4-11(32)19(40)24(45)20(41)12(4)33;18-15-7-4-8-16(11-15)21-17-13-20(10-9-19-17)12-14-5-2-1-3-6-14/h;1-11,13H,12H2/q-1;+1. The first-order valence-electron chi connectivity index (χ1n) is 17.6. The Morgan fingerprint density at radius 2 is 0.758 bits per heavy atom. The maximum Gasteiger partial charge on any atom is 0.285 e. The van der Waals surface area contributed by atoms with Crippen LogP contribution in [0, 0.1) is 116 Å². The van der Waals surface area contributed by atoms with Gasteiger partial charge in [-0.25, -0.2) is 92.8 Å². The van der Waals surface area contributed by atoms with E-state index in [1.54, 1.807) is 12.3 Å². The fraction of sp³-hybridized carbons (Fsp3) is 0.0244. The lowest BCUT2D eigenvalue weighted by molar-refractivity contribution is -0.689. The normalized spacial score (nSPS) is 11.5. The van der Waals surface area contributed by atoms with Crippen LogP contribution in [0.4, 0.5) is 87.8 Å². The van der Waals surface area contributed by atoms with Crippen molar-refractivity contribution in [2.75, 3.05) is 0 Å². The zero-order valence-electron chi connectivity index (χ0n) is 31.5. The summed E-state index contributed by atoms with van der Waals surface area (Å²) in [5.41, 5.74) is -13.1. The number of hydrogen-bond donors (Lipinski definition) is 0. The van der Waals surface area contributed by atoms with Gasteiger partial charge in [-0.3, -0.25) is 0 Å². The molecule has 0 atom stereocenters. The first kappa shape index (κ1) is 48.6. The monoisotopic (exact) mass is 976 g/mol. The molecule has 0 fully saturated rings. The highest BCUT2D eigenvalue weighted by Gasteiger charge is 2.52. The lowest BCUT2D eigenvalue weighted by atomic mass is 9.12. The summed E-state index contributed by atoms with van der Waals surface area (Å²) in [4.78, 5) is 4.22. The average molecular weight is 977 g/mol. The van der Waals surface area contributed by atoms with Crippen LogP contribution >= 0.6 is 11.6 Å². The van der Waals surface area contributed by atoms with Crippen molar-refractivity contribution in [2.45, 2.75) is 6.54 Å². The third-order valence-corrected chi connectivity index (χ3v) is 9.90. The third-order valence-electron chi connectivity index (χ3n) is 9.67. The van der Waals surface area contributed by atoms with Crippen molar-refractivity contribution in [3.63, 3.8) is 0 Å². The Bertz CT molecular complexity index is 2690. The maximum atomic E-state index is 15.4. The molecule has 6 aromatic carbocycles. The van der Waals surface area contributed by atoms with Crippen molar-refractivity contribution in [1.82, 2.24) is 4.98 Å². The Balaban J connectivity index is 0.000000284. The van der Waals surface area contributed by atoms with Gasteiger partial charge in [0.15, 0.2) is 82.5 Å². The predicted molar refractivity (Wildman–Crippen MR) is 191 cm³/mol. The molecular weight excluding hydrogens is 963 g/mol. The van der Waals surface area contributed by atoms with Gasteiger partial charge >= 0.3 is 0 Å². The highest BCUT2D eigenvalue weighted by molar-refractivity contribution is 7.20. The Morgan fingerprint density at radius 3 is 1.09 bits per heavy atom. The molecule has 344 valence electrons. The molecule has 0 N–H and O–H groups in total. The van der Waals surface area contributed by atoms with Crippen LogP contribution in [0.5, 0.6) is 11.6 Å². The zero-order chi connectivity index (χ0) is 48.8. The van der Waals surface area contributed by atoms with Crippen LogP contribution in [0.2, 0.25) is 5.02 Å². The van der Waals surface area contributed by atoms with Crippen LogP contribution in [0.1, 0.15) is 5.56 Å². The van der Waals surface area contributed by atoms with Gasteiger partial charge in [-0.15, -0.1) is 21.9 Å². The number of ether oxygens (including phenoxy) is 1. The Morgan fingerprint density at radius 1 is 0.424 bits per heavy atom. The van der Waals surface area contributed by atoms with E-state index < -0.39 is 144 Å². The number of nitrogens with zero attached hydrogens (tertiary/aromatic N) is 2. The molecule has 7 rings (SSSR count). The van der Waals surface area contributed by atoms with Crippen LogP contribution in [0.25, 0.3) is 0 Å². The van der Waals surface area contributed by atoms with E-state index in [4.69, 9.17) is 16.3 Å². The van der Waals surface area contributed by atoms with E-state index >= 15 is 35.1 Å².